The fraction of sp³-hybridized carbons (Fsp3) is 0.375. The Morgan fingerprint density at radius 2 is 2.22 bits per heavy atom. The first kappa shape index (κ1) is 19.0. The van der Waals surface area contributed by atoms with Gasteiger partial charge in [0, 0.05) is 12.2 Å². The number of aromatic nitrogens is 3. The summed E-state index contributed by atoms with van der Waals surface area (Å²) in [6.45, 7) is 0.646. The Morgan fingerprint density at radius 1 is 1.41 bits per heavy atom. The second kappa shape index (κ2) is 7.84. The average Bonchev–Trinajstić information content (AvgIpc) is 3.10. The van der Waals surface area contributed by atoms with E-state index in [0.717, 1.165) is 6.42 Å². The molecule has 1 fully saturated rings. The highest BCUT2D eigenvalue weighted by Gasteiger charge is 2.33. The first-order chi connectivity index (χ1) is 12.9. The first-order valence-electron chi connectivity index (χ1n) is 8.25. The molecule has 0 spiro atoms. The summed E-state index contributed by atoms with van der Waals surface area (Å²) in [6.07, 6.45) is 2.87. The van der Waals surface area contributed by atoms with Crippen LogP contribution in [0.5, 0.6) is 0 Å². The number of sulfonamides is 1. The van der Waals surface area contributed by atoms with E-state index in [2.05, 4.69) is 20.3 Å². The Hall–Kier alpha value is -2.79. The minimum absolute atomic E-state index is 0.264. The van der Waals surface area contributed by atoms with E-state index in [1.54, 1.807) is 29.2 Å². The van der Waals surface area contributed by atoms with Crippen LogP contribution < -0.4 is 15.4 Å². The Morgan fingerprint density at radius 3 is 2.96 bits per heavy atom. The first-order valence-corrected chi connectivity index (χ1v) is 9.97. The number of nitrogens with zero attached hydrogens (tertiary/aromatic N) is 4. The van der Waals surface area contributed by atoms with E-state index in [4.69, 9.17) is 9.88 Å². The van der Waals surface area contributed by atoms with Crippen LogP contribution in [0.25, 0.3) is 0 Å². The SMILES string of the molecule is COC(=O)[C@@H]1CCCN1c1ncnc(Nc2cccc(CS(N)(=O)=O)c2)n1. The maximum absolute atomic E-state index is 11.9. The number of ether oxygens (including phenoxy) is 1. The van der Waals surface area contributed by atoms with Crippen LogP contribution in [0.4, 0.5) is 17.6 Å². The van der Waals surface area contributed by atoms with E-state index < -0.39 is 16.1 Å². The predicted octanol–water partition coefficient (Wildman–Crippen LogP) is 0.545. The Labute approximate surface area is 156 Å². The van der Waals surface area contributed by atoms with Gasteiger partial charge in [0.05, 0.1) is 12.9 Å². The van der Waals surface area contributed by atoms with Gasteiger partial charge in [-0.3, -0.25) is 0 Å². The van der Waals surface area contributed by atoms with E-state index in [9.17, 15) is 13.2 Å². The molecule has 2 heterocycles. The van der Waals surface area contributed by atoms with Gasteiger partial charge < -0.3 is 15.0 Å². The number of esters is 1. The molecule has 144 valence electrons. The van der Waals surface area contributed by atoms with E-state index >= 15 is 0 Å². The highest BCUT2D eigenvalue weighted by molar-refractivity contribution is 7.88. The van der Waals surface area contributed by atoms with Crippen molar-refractivity contribution in [1.82, 2.24) is 15.0 Å². The highest BCUT2D eigenvalue weighted by atomic mass is 32.2. The number of nitrogens with two attached hydrogens (primary N) is 1. The quantitative estimate of drug-likeness (QED) is 0.674. The minimum atomic E-state index is -3.62. The molecule has 1 aromatic carbocycles. The zero-order chi connectivity index (χ0) is 19.4. The van der Waals surface area contributed by atoms with E-state index in [1.807, 2.05) is 0 Å². The van der Waals surface area contributed by atoms with E-state index in [-0.39, 0.29) is 17.7 Å². The summed E-state index contributed by atoms with van der Waals surface area (Å²) >= 11 is 0. The fourth-order valence-electron chi connectivity index (χ4n) is 2.97. The second-order valence-corrected chi connectivity index (χ2v) is 7.73. The Bertz CT molecular complexity index is 936. The molecule has 0 radical (unpaired) electrons. The van der Waals surface area contributed by atoms with Crippen molar-refractivity contribution in [2.75, 3.05) is 23.9 Å². The number of carbonyl (C=O) groups is 1. The van der Waals surface area contributed by atoms with Gasteiger partial charge in [-0.05, 0) is 30.5 Å². The third kappa shape index (κ3) is 4.89. The van der Waals surface area contributed by atoms with Crippen molar-refractivity contribution in [3.63, 3.8) is 0 Å². The number of carbonyl (C=O) groups excluding carboxylic acids is 1. The normalized spacial score (nSPS) is 17.0. The molecule has 1 atom stereocenters. The number of benzene rings is 1. The zero-order valence-corrected chi connectivity index (χ0v) is 15.5. The molecule has 3 rings (SSSR count). The second-order valence-electron chi connectivity index (χ2n) is 6.12. The van der Waals surface area contributed by atoms with Crippen molar-refractivity contribution in [1.29, 1.82) is 0 Å². The maximum Gasteiger partial charge on any atom is 0.328 e. The number of hydrogen-bond acceptors (Lipinski definition) is 9. The van der Waals surface area contributed by atoms with Gasteiger partial charge in [-0.1, -0.05) is 12.1 Å². The molecule has 0 amide bonds. The Balaban J connectivity index is 1.78. The smallest absolute Gasteiger partial charge is 0.328 e. The lowest BCUT2D eigenvalue weighted by atomic mass is 10.2. The number of methoxy groups -OCH3 is 1. The summed E-state index contributed by atoms with van der Waals surface area (Å²) < 4.78 is 27.3. The van der Waals surface area contributed by atoms with Crippen molar-refractivity contribution in [2.24, 2.45) is 5.14 Å². The van der Waals surface area contributed by atoms with Gasteiger partial charge in [-0.15, -0.1) is 0 Å². The molecule has 1 aromatic heterocycles. The van der Waals surface area contributed by atoms with Crippen molar-refractivity contribution in [3.05, 3.63) is 36.2 Å². The third-order valence-electron chi connectivity index (χ3n) is 4.09. The predicted molar refractivity (Wildman–Crippen MR) is 98.7 cm³/mol. The van der Waals surface area contributed by atoms with Gasteiger partial charge in [-0.25, -0.2) is 28.3 Å². The number of rotatable bonds is 6. The van der Waals surface area contributed by atoms with Crippen molar-refractivity contribution >= 4 is 33.6 Å². The molecule has 11 heteroatoms. The van der Waals surface area contributed by atoms with Crippen LogP contribution in [0.15, 0.2) is 30.6 Å². The summed E-state index contributed by atoms with van der Waals surface area (Å²) in [5.41, 5.74) is 1.15. The highest BCUT2D eigenvalue weighted by Crippen LogP contribution is 2.24. The van der Waals surface area contributed by atoms with Crippen molar-refractivity contribution in [2.45, 2.75) is 24.6 Å². The molecular formula is C16H20N6O4S. The fourth-order valence-corrected chi connectivity index (χ4v) is 3.62. The molecule has 0 bridgehead atoms. The standard InChI is InChI=1S/C16H20N6O4S/c1-26-14(23)13-6-3-7-22(13)16-19-10-18-15(21-16)20-12-5-2-4-11(8-12)9-27(17,24)25/h2,4-5,8,10,13H,3,6-7,9H2,1H3,(H2,17,24,25)(H,18,19,20,21)/t13-/m0/s1. The minimum Gasteiger partial charge on any atom is -0.467 e. The molecule has 1 saturated heterocycles. The third-order valence-corrected chi connectivity index (χ3v) is 4.83. The number of hydrogen-bond donors (Lipinski definition) is 2. The Kier molecular flexibility index (Phi) is 5.51. The van der Waals surface area contributed by atoms with Crippen molar-refractivity contribution < 1.29 is 17.9 Å². The van der Waals surface area contributed by atoms with Crippen LogP contribution in [0.2, 0.25) is 0 Å². The zero-order valence-electron chi connectivity index (χ0n) is 14.7. The number of nitrogens with one attached hydrogen (secondary N) is 1. The lowest BCUT2D eigenvalue weighted by Gasteiger charge is -2.22. The van der Waals surface area contributed by atoms with Crippen LogP contribution in [0.3, 0.4) is 0 Å². The molecule has 0 saturated carbocycles. The molecule has 1 aliphatic heterocycles. The van der Waals surface area contributed by atoms with Gasteiger partial charge in [0.2, 0.25) is 21.9 Å². The van der Waals surface area contributed by atoms with Gasteiger partial charge >= 0.3 is 5.97 Å². The summed E-state index contributed by atoms with van der Waals surface area (Å²) in [7, 11) is -2.27. The molecule has 3 N–H and O–H groups in total. The van der Waals surface area contributed by atoms with Crippen LogP contribution in [-0.4, -0.2) is 49.0 Å². The van der Waals surface area contributed by atoms with Gasteiger partial charge in [0.15, 0.2) is 0 Å². The van der Waals surface area contributed by atoms with Crippen LogP contribution in [0.1, 0.15) is 18.4 Å². The van der Waals surface area contributed by atoms with E-state index in [0.29, 0.717) is 30.2 Å². The topological polar surface area (TPSA) is 140 Å². The monoisotopic (exact) mass is 392 g/mol. The summed E-state index contributed by atoms with van der Waals surface area (Å²) in [5.74, 6) is 0.0713. The van der Waals surface area contributed by atoms with Crippen molar-refractivity contribution in [3.8, 4) is 0 Å². The van der Waals surface area contributed by atoms with Crippen LogP contribution in [0, 0.1) is 0 Å². The maximum atomic E-state index is 11.9. The number of anilines is 3. The molecular weight excluding hydrogens is 372 g/mol. The molecule has 10 nitrogen and oxygen atoms in total. The molecule has 27 heavy (non-hydrogen) atoms. The van der Waals surface area contributed by atoms with Crippen LogP contribution >= 0.6 is 0 Å². The summed E-state index contributed by atoms with van der Waals surface area (Å²) in [6, 6.07) is 6.37. The van der Waals surface area contributed by atoms with Crippen LogP contribution in [-0.2, 0) is 25.3 Å². The largest absolute Gasteiger partial charge is 0.467 e. The molecule has 1 aliphatic rings. The average molecular weight is 392 g/mol. The summed E-state index contributed by atoms with van der Waals surface area (Å²) in [5, 5.41) is 8.10. The van der Waals surface area contributed by atoms with Gasteiger partial charge in [-0.2, -0.15) is 4.98 Å². The van der Waals surface area contributed by atoms with Gasteiger partial charge in [0.25, 0.3) is 0 Å². The van der Waals surface area contributed by atoms with E-state index in [1.165, 1.54) is 13.4 Å². The summed E-state index contributed by atoms with van der Waals surface area (Å²) in [4.78, 5) is 26.3. The molecule has 0 unspecified atom stereocenters. The van der Waals surface area contributed by atoms with Gasteiger partial charge in [0.1, 0.15) is 12.4 Å². The molecule has 2 aromatic rings. The lowest BCUT2D eigenvalue weighted by Crippen LogP contribution is -2.38. The molecule has 0 aliphatic carbocycles. The number of primary sulfonamides is 1. The lowest BCUT2D eigenvalue weighted by molar-refractivity contribution is -0.141.